The summed E-state index contributed by atoms with van der Waals surface area (Å²) in [4.78, 5) is 16.2. The van der Waals surface area contributed by atoms with Crippen LogP contribution in [0.2, 0.25) is 0 Å². The van der Waals surface area contributed by atoms with Gasteiger partial charge in [-0.1, -0.05) is 39.0 Å². The van der Waals surface area contributed by atoms with E-state index in [1.54, 1.807) is 0 Å². The molecule has 0 radical (unpaired) electrons. The number of fused-ring (bicyclic) bond motifs is 2. The third-order valence-electron chi connectivity index (χ3n) is 5.94. The highest BCUT2D eigenvalue weighted by Crippen LogP contribution is 2.33. The first-order valence-electron chi connectivity index (χ1n) is 12.1. The van der Waals surface area contributed by atoms with Crippen LogP contribution >= 0.6 is 0 Å². The van der Waals surface area contributed by atoms with Crippen molar-refractivity contribution in [3.63, 3.8) is 0 Å². The molecule has 0 N–H and O–H groups in total. The summed E-state index contributed by atoms with van der Waals surface area (Å²) in [6.45, 7) is 9.48. The lowest BCUT2D eigenvalue weighted by atomic mass is 9.87. The number of rotatable bonds is 9. The topological polar surface area (TPSA) is 61.6 Å². The van der Waals surface area contributed by atoms with Gasteiger partial charge in [0.15, 0.2) is 5.58 Å². The minimum Gasteiger partial charge on any atom is -0.494 e. The highest BCUT2D eigenvalue weighted by Gasteiger charge is 2.17. The van der Waals surface area contributed by atoms with Crippen molar-refractivity contribution in [1.82, 2.24) is 4.98 Å². The van der Waals surface area contributed by atoms with E-state index in [2.05, 4.69) is 51.1 Å². The molecular weight excluding hydrogens is 426 g/mol. The summed E-state index contributed by atoms with van der Waals surface area (Å²) in [5.41, 5.74) is 3.94. The summed E-state index contributed by atoms with van der Waals surface area (Å²) < 4.78 is 17.0. The molecule has 0 fully saturated rings. The number of hydrogen-bond acceptors (Lipinski definition) is 5. The van der Waals surface area contributed by atoms with E-state index in [4.69, 9.17) is 18.9 Å². The summed E-state index contributed by atoms with van der Waals surface area (Å²) in [6, 6.07) is 18.5. The van der Waals surface area contributed by atoms with E-state index in [0.29, 0.717) is 25.5 Å². The first kappa shape index (κ1) is 23.8. The molecule has 4 rings (SSSR count). The zero-order valence-electron chi connectivity index (χ0n) is 20.5. The van der Waals surface area contributed by atoms with Gasteiger partial charge in [0, 0.05) is 12.0 Å². The number of hydrogen-bond donors (Lipinski definition) is 0. The molecule has 0 atom stereocenters. The molecule has 0 saturated heterocycles. The highest BCUT2D eigenvalue weighted by atomic mass is 16.5. The first-order chi connectivity index (χ1) is 16.3. The average molecular weight is 460 g/mol. The van der Waals surface area contributed by atoms with Crippen LogP contribution in [0, 0.1) is 0 Å². The van der Waals surface area contributed by atoms with Crippen molar-refractivity contribution in [3.8, 4) is 17.2 Å². The van der Waals surface area contributed by atoms with Crippen LogP contribution in [-0.2, 0) is 14.9 Å². The SMILES string of the molecule is CCOC(=O)CCCCCOc1ccc2c(-c3nc4cc(C(C)(C)C)ccc4o3)cccc2c1. The third-order valence-corrected chi connectivity index (χ3v) is 5.94. The van der Waals surface area contributed by atoms with E-state index < -0.39 is 0 Å². The standard InChI is InChI=1S/C29H33NO4/c1-5-32-27(31)12-7-6-8-17-33-22-14-15-23-20(18-22)10-9-11-24(23)28-30-25-19-21(29(2,3)4)13-16-26(25)34-28/h9-11,13-16,18-19H,5-8,12,17H2,1-4H3. The van der Waals surface area contributed by atoms with Crippen LogP contribution in [0.4, 0.5) is 0 Å². The number of aromatic nitrogens is 1. The summed E-state index contributed by atoms with van der Waals surface area (Å²) in [5.74, 6) is 1.34. The Morgan fingerprint density at radius 3 is 2.65 bits per heavy atom. The Morgan fingerprint density at radius 2 is 1.85 bits per heavy atom. The van der Waals surface area contributed by atoms with Crippen molar-refractivity contribution >= 4 is 27.8 Å². The van der Waals surface area contributed by atoms with Crippen LogP contribution in [-0.4, -0.2) is 24.2 Å². The Bertz CT molecular complexity index is 1280. The molecule has 178 valence electrons. The molecule has 0 unspecified atom stereocenters. The number of carbonyl (C=O) groups excluding carboxylic acids is 1. The first-order valence-corrected chi connectivity index (χ1v) is 12.1. The van der Waals surface area contributed by atoms with Gasteiger partial charge < -0.3 is 13.9 Å². The van der Waals surface area contributed by atoms with Crippen LogP contribution in [0.25, 0.3) is 33.3 Å². The summed E-state index contributed by atoms with van der Waals surface area (Å²) >= 11 is 0. The third kappa shape index (κ3) is 5.58. The van der Waals surface area contributed by atoms with E-state index in [0.717, 1.165) is 52.4 Å². The lowest BCUT2D eigenvalue weighted by Gasteiger charge is -2.18. The van der Waals surface area contributed by atoms with E-state index in [1.165, 1.54) is 5.56 Å². The van der Waals surface area contributed by atoms with Crippen LogP contribution in [0.15, 0.2) is 59.0 Å². The van der Waals surface area contributed by atoms with Gasteiger partial charge in [-0.3, -0.25) is 4.79 Å². The fourth-order valence-electron chi connectivity index (χ4n) is 4.02. The quantitative estimate of drug-likeness (QED) is 0.192. The van der Waals surface area contributed by atoms with Gasteiger partial charge in [-0.2, -0.15) is 0 Å². The molecule has 3 aromatic carbocycles. The van der Waals surface area contributed by atoms with Gasteiger partial charge in [-0.05, 0) is 84.3 Å². The van der Waals surface area contributed by atoms with Crippen molar-refractivity contribution in [2.75, 3.05) is 13.2 Å². The molecule has 34 heavy (non-hydrogen) atoms. The highest BCUT2D eigenvalue weighted by molar-refractivity contribution is 5.96. The van der Waals surface area contributed by atoms with Crippen molar-refractivity contribution in [2.45, 2.75) is 58.8 Å². The molecule has 0 aliphatic carbocycles. The normalized spacial score (nSPS) is 11.8. The lowest BCUT2D eigenvalue weighted by Crippen LogP contribution is -2.10. The van der Waals surface area contributed by atoms with Crippen molar-refractivity contribution in [3.05, 3.63) is 60.2 Å². The van der Waals surface area contributed by atoms with Gasteiger partial charge in [0.2, 0.25) is 5.89 Å². The zero-order valence-corrected chi connectivity index (χ0v) is 20.5. The molecule has 5 heteroatoms. The molecule has 0 aliphatic rings. The number of unbranched alkanes of at least 4 members (excludes halogenated alkanes) is 2. The number of benzene rings is 3. The van der Waals surface area contributed by atoms with Crippen molar-refractivity contribution in [1.29, 1.82) is 0 Å². The summed E-state index contributed by atoms with van der Waals surface area (Å²) in [6.07, 6.45) is 3.13. The van der Waals surface area contributed by atoms with Crippen molar-refractivity contribution in [2.24, 2.45) is 0 Å². The van der Waals surface area contributed by atoms with E-state index in [1.807, 2.05) is 31.2 Å². The molecule has 0 aliphatic heterocycles. The molecular formula is C29H33NO4. The molecule has 1 aromatic heterocycles. The average Bonchev–Trinajstić information content (AvgIpc) is 3.23. The maximum absolute atomic E-state index is 11.4. The number of ether oxygens (including phenoxy) is 2. The van der Waals surface area contributed by atoms with Crippen LogP contribution < -0.4 is 4.74 Å². The van der Waals surface area contributed by atoms with Crippen LogP contribution in [0.1, 0.15) is 58.9 Å². The van der Waals surface area contributed by atoms with Gasteiger partial charge in [-0.25, -0.2) is 4.98 Å². The fraction of sp³-hybridized carbons (Fsp3) is 0.379. The summed E-state index contributed by atoms with van der Waals surface area (Å²) in [5, 5.41) is 2.15. The predicted octanol–water partition coefficient (Wildman–Crippen LogP) is 7.45. The van der Waals surface area contributed by atoms with Crippen LogP contribution in [0.5, 0.6) is 5.75 Å². The molecule has 5 nitrogen and oxygen atoms in total. The van der Waals surface area contributed by atoms with Gasteiger partial charge in [-0.15, -0.1) is 0 Å². The number of carbonyl (C=O) groups is 1. The zero-order chi connectivity index (χ0) is 24.1. The Hall–Kier alpha value is -3.34. The van der Waals surface area contributed by atoms with E-state index in [9.17, 15) is 4.79 Å². The number of nitrogens with zero attached hydrogens (tertiary/aromatic N) is 1. The second-order valence-corrected chi connectivity index (χ2v) is 9.60. The molecule has 0 spiro atoms. The van der Waals surface area contributed by atoms with Gasteiger partial charge in [0.1, 0.15) is 11.3 Å². The largest absolute Gasteiger partial charge is 0.494 e. The smallest absolute Gasteiger partial charge is 0.305 e. The fourth-order valence-corrected chi connectivity index (χ4v) is 4.02. The molecule has 0 bridgehead atoms. The second kappa shape index (κ2) is 10.3. The van der Waals surface area contributed by atoms with Gasteiger partial charge in [0.05, 0.1) is 13.2 Å². The Kier molecular flexibility index (Phi) is 7.20. The number of oxazole rings is 1. The number of esters is 1. The minimum atomic E-state index is -0.123. The molecule has 1 heterocycles. The minimum absolute atomic E-state index is 0.0596. The monoisotopic (exact) mass is 459 g/mol. The molecule has 0 amide bonds. The van der Waals surface area contributed by atoms with Gasteiger partial charge >= 0.3 is 5.97 Å². The second-order valence-electron chi connectivity index (χ2n) is 9.60. The van der Waals surface area contributed by atoms with Crippen LogP contribution in [0.3, 0.4) is 0 Å². The molecule has 0 saturated carbocycles. The predicted molar refractivity (Wildman–Crippen MR) is 136 cm³/mol. The Labute approximate surface area is 201 Å². The maximum atomic E-state index is 11.4. The van der Waals surface area contributed by atoms with Gasteiger partial charge in [0.25, 0.3) is 0 Å². The van der Waals surface area contributed by atoms with Crippen molar-refractivity contribution < 1.29 is 18.7 Å². The molecule has 4 aromatic rings. The van der Waals surface area contributed by atoms with E-state index >= 15 is 0 Å². The lowest BCUT2D eigenvalue weighted by molar-refractivity contribution is -0.143. The van der Waals surface area contributed by atoms with E-state index in [-0.39, 0.29) is 11.4 Å². The Morgan fingerprint density at radius 1 is 1.00 bits per heavy atom. The summed E-state index contributed by atoms with van der Waals surface area (Å²) in [7, 11) is 0. The maximum Gasteiger partial charge on any atom is 0.305 e. The Balaban J connectivity index is 1.45.